The lowest BCUT2D eigenvalue weighted by atomic mass is 10.2. The Kier molecular flexibility index (Phi) is 6.61. The number of benzene rings is 1. The third-order valence-corrected chi connectivity index (χ3v) is 4.70. The number of carbonyl (C=O) groups is 2. The number of imidazole rings is 1. The van der Waals surface area contributed by atoms with Gasteiger partial charge in [0.2, 0.25) is 5.91 Å². The molecule has 0 saturated heterocycles. The molecule has 0 fully saturated rings. The molecule has 8 nitrogen and oxygen atoms in total. The molecule has 3 rings (SSSR count). The monoisotopic (exact) mass is 456 g/mol. The van der Waals surface area contributed by atoms with E-state index in [0.717, 1.165) is 27.2 Å². The van der Waals surface area contributed by atoms with Gasteiger partial charge in [0, 0.05) is 35.3 Å². The molecule has 0 aliphatic heterocycles. The van der Waals surface area contributed by atoms with E-state index < -0.39 is 6.03 Å². The molecule has 9 heteroatoms. The van der Waals surface area contributed by atoms with Gasteiger partial charge in [-0.2, -0.15) is 0 Å². The minimum absolute atomic E-state index is 0.128. The van der Waals surface area contributed by atoms with Crippen molar-refractivity contribution in [3.05, 3.63) is 70.3 Å². The summed E-state index contributed by atoms with van der Waals surface area (Å²) in [6.07, 6.45) is 5.21. The summed E-state index contributed by atoms with van der Waals surface area (Å²) in [5.41, 5.74) is 2.52. The zero-order valence-electron chi connectivity index (χ0n) is 16.1. The molecule has 0 aliphatic carbocycles. The van der Waals surface area contributed by atoms with Gasteiger partial charge in [0.15, 0.2) is 0 Å². The van der Waals surface area contributed by atoms with Crippen LogP contribution in [0.3, 0.4) is 0 Å². The number of anilines is 1. The summed E-state index contributed by atoms with van der Waals surface area (Å²) in [6, 6.07) is 8.82. The van der Waals surface area contributed by atoms with E-state index in [-0.39, 0.29) is 12.5 Å². The van der Waals surface area contributed by atoms with Crippen LogP contribution in [0.2, 0.25) is 0 Å². The average Bonchev–Trinajstić information content (AvgIpc) is 3.13. The van der Waals surface area contributed by atoms with E-state index in [1.807, 2.05) is 48.9 Å². The third-order valence-electron chi connectivity index (χ3n) is 4.21. The Hall–Kier alpha value is -3.20. The number of hydrogen-bond acceptors (Lipinski definition) is 4. The number of carbonyl (C=O) groups excluding carboxylic acids is 2. The predicted octanol–water partition coefficient (Wildman–Crippen LogP) is 3.08. The molecule has 150 valence electrons. The van der Waals surface area contributed by atoms with Gasteiger partial charge in [0.25, 0.3) is 0 Å². The molecule has 3 N–H and O–H groups in total. The van der Waals surface area contributed by atoms with Crippen LogP contribution in [-0.4, -0.2) is 33.0 Å². The molecule has 0 atom stereocenters. The molecule has 2 aromatic heterocycles. The van der Waals surface area contributed by atoms with Crippen LogP contribution in [0.15, 0.2) is 53.4 Å². The minimum Gasteiger partial charge on any atom is -0.334 e. The summed E-state index contributed by atoms with van der Waals surface area (Å²) in [6.45, 7) is 3.97. The first-order chi connectivity index (χ1) is 13.9. The van der Waals surface area contributed by atoms with Gasteiger partial charge in [0.1, 0.15) is 11.6 Å². The predicted molar refractivity (Wildman–Crippen MR) is 114 cm³/mol. The molecular weight excluding hydrogens is 436 g/mol. The normalized spacial score (nSPS) is 10.4. The van der Waals surface area contributed by atoms with Crippen LogP contribution in [-0.2, 0) is 11.3 Å². The standard InChI is InChI=1S/C20H21BrN6O2/c1-13-9-16(21)3-4-17(13)26-19(28)12-25-20(29)24-11-15-5-6-23-18(10-15)27-8-7-22-14(27)2/h3-10H,11-12H2,1-2H3,(H,26,28)(H2,24,25,29). The van der Waals surface area contributed by atoms with Crippen LogP contribution in [0, 0.1) is 13.8 Å². The van der Waals surface area contributed by atoms with Gasteiger partial charge in [0.05, 0.1) is 6.54 Å². The quantitative estimate of drug-likeness (QED) is 0.530. The highest BCUT2D eigenvalue weighted by Crippen LogP contribution is 2.19. The molecule has 3 amide bonds. The van der Waals surface area contributed by atoms with Gasteiger partial charge in [-0.1, -0.05) is 15.9 Å². The van der Waals surface area contributed by atoms with Gasteiger partial charge in [-0.25, -0.2) is 14.8 Å². The molecule has 1 aromatic carbocycles. The summed E-state index contributed by atoms with van der Waals surface area (Å²) in [4.78, 5) is 32.6. The maximum absolute atomic E-state index is 12.1. The second-order valence-electron chi connectivity index (χ2n) is 6.41. The van der Waals surface area contributed by atoms with Crippen LogP contribution in [0.5, 0.6) is 0 Å². The van der Waals surface area contributed by atoms with Crippen molar-refractivity contribution in [2.45, 2.75) is 20.4 Å². The molecule has 0 bridgehead atoms. The lowest BCUT2D eigenvalue weighted by Crippen LogP contribution is -2.39. The van der Waals surface area contributed by atoms with E-state index in [1.165, 1.54) is 0 Å². The number of nitrogens with zero attached hydrogens (tertiary/aromatic N) is 3. The third kappa shape index (κ3) is 5.64. The van der Waals surface area contributed by atoms with E-state index in [0.29, 0.717) is 12.2 Å². The van der Waals surface area contributed by atoms with Crippen LogP contribution < -0.4 is 16.0 Å². The molecule has 0 radical (unpaired) electrons. The lowest BCUT2D eigenvalue weighted by Gasteiger charge is -2.11. The fraction of sp³-hybridized carbons (Fsp3) is 0.200. The largest absolute Gasteiger partial charge is 0.334 e. The van der Waals surface area contributed by atoms with Crippen LogP contribution in [0.25, 0.3) is 5.82 Å². The zero-order chi connectivity index (χ0) is 20.8. The smallest absolute Gasteiger partial charge is 0.315 e. The second-order valence-corrected chi connectivity index (χ2v) is 7.33. The van der Waals surface area contributed by atoms with Crippen molar-refractivity contribution < 1.29 is 9.59 Å². The summed E-state index contributed by atoms with van der Waals surface area (Å²) in [7, 11) is 0. The van der Waals surface area contributed by atoms with Crippen LogP contribution >= 0.6 is 15.9 Å². The van der Waals surface area contributed by atoms with E-state index in [1.54, 1.807) is 18.5 Å². The van der Waals surface area contributed by atoms with Crippen LogP contribution in [0.4, 0.5) is 10.5 Å². The molecule has 3 aromatic rings. The SMILES string of the molecule is Cc1cc(Br)ccc1NC(=O)CNC(=O)NCc1ccnc(-n2ccnc2C)c1. The topological polar surface area (TPSA) is 101 Å². The second kappa shape index (κ2) is 9.33. The van der Waals surface area contributed by atoms with Crippen molar-refractivity contribution in [1.29, 1.82) is 0 Å². The van der Waals surface area contributed by atoms with Crippen molar-refractivity contribution in [1.82, 2.24) is 25.2 Å². The fourth-order valence-corrected chi connectivity index (χ4v) is 3.17. The van der Waals surface area contributed by atoms with Gasteiger partial charge in [-0.05, 0) is 55.3 Å². The Bertz CT molecular complexity index is 1030. The lowest BCUT2D eigenvalue weighted by molar-refractivity contribution is -0.115. The zero-order valence-corrected chi connectivity index (χ0v) is 17.7. The Balaban J connectivity index is 1.48. The van der Waals surface area contributed by atoms with Gasteiger partial charge in [-0.3, -0.25) is 9.36 Å². The first-order valence-electron chi connectivity index (χ1n) is 8.95. The van der Waals surface area contributed by atoms with E-state index in [4.69, 9.17) is 0 Å². The maximum Gasteiger partial charge on any atom is 0.315 e. The average molecular weight is 457 g/mol. The summed E-state index contributed by atoms with van der Waals surface area (Å²) in [5.74, 6) is 1.25. The van der Waals surface area contributed by atoms with Crippen molar-refractivity contribution in [2.24, 2.45) is 0 Å². The molecule has 0 saturated carbocycles. The first-order valence-corrected chi connectivity index (χ1v) is 9.74. The first kappa shape index (κ1) is 20.5. The van der Waals surface area contributed by atoms with Crippen molar-refractivity contribution in [3.8, 4) is 5.82 Å². The molecule has 29 heavy (non-hydrogen) atoms. The highest BCUT2D eigenvalue weighted by Gasteiger charge is 2.08. The number of aryl methyl sites for hydroxylation is 2. The van der Waals surface area contributed by atoms with Gasteiger partial charge < -0.3 is 16.0 Å². The fourth-order valence-electron chi connectivity index (χ4n) is 2.69. The molecular formula is C20H21BrN6O2. The minimum atomic E-state index is -0.426. The number of aromatic nitrogens is 3. The molecule has 0 aliphatic rings. The van der Waals surface area contributed by atoms with E-state index >= 15 is 0 Å². The molecule has 2 heterocycles. The number of rotatable bonds is 6. The van der Waals surface area contributed by atoms with Crippen LogP contribution in [0.1, 0.15) is 17.0 Å². The molecule has 0 unspecified atom stereocenters. The highest BCUT2D eigenvalue weighted by atomic mass is 79.9. The number of hydrogen-bond donors (Lipinski definition) is 3. The Morgan fingerprint density at radius 2 is 1.90 bits per heavy atom. The Morgan fingerprint density at radius 1 is 1.07 bits per heavy atom. The Labute approximate surface area is 176 Å². The van der Waals surface area contributed by atoms with Crippen molar-refractivity contribution in [2.75, 3.05) is 11.9 Å². The summed E-state index contributed by atoms with van der Waals surface area (Å²) >= 11 is 3.38. The summed E-state index contributed by atoms with van der Waals surface area (Å²) in [5, 5.41) is 8.06. The van der Waals surface area contributed by atoms with Gasteiger partial charge >= 0.3 is 6.03 Å². The number of pyridine rings is 1. The Morgan fingerprint density at radius 3 is 2.62 bits per heavy atom. The number of nitrogens with one attached hydrogen (secondary N) is 3. The molecule has 0 spiro atoms. The van der Waals surface area contributed by atoms with E-state index in [2.05, 4.69) is 41.8 Å². The highest BCUT2D eigenvalue weighted by molar-refractivity contribution is 9.10. The van der Waals surface area contributed by atoms with E-state index in [9.17, 15) is 9.59 Å². The van der Waals surface area contributed by atoms with Crippen molar-refractivity contribution in [3.63, 3.8) is 0 Å². The number of halogens is 1. The summed E-state index contributed by atoms with van der Waals surface area (Å²) < 4.78 is 2.80. The van der Waals surface area contributed by atoms with Crippen molar-refractivity contribution >= 4 is 33.6 Å². The number of urea groups is 1. The van der Waals surface area contributed by atoms with Gasteiger partial charge in [-0.15, -0.1) is 0 Å². The number of amides is 3. The maximum atomic E-state index is 12.1.